The minimum atomic E-state index is 0.566. The molecule has 1 saturated carbocycles. The first kappa shape index (κ1) is 10.7. The van der Waals surface area contributed by atoms with E-state index in [0.29, 0.717) is 6.04 Å². The first-order chi connectivity index (χ1) is 7.18. The van der Waals surface area contributed by atoms with Gasteiger partial charge >= 0.3 is 0 Å². The summed E-state index contributed by atoms with van der Waals surface area (Å²) >= 11 is 0. The molecule has 0 unspecified atom stereocenters. The van der Waals surface area contributed by atoms with Gasteiger partial charge in [0.05, 0.1) is 6.04 Å². The van der Waals surface area contributed by atoms with Gasteiger partial charge in [0.15, 0.2) is 0 Å². The van der Waals surface area contributed by atoms with Crippen molar-refractivity contribution in [2.24, 2.45) is 17.8 Å². The monoisotopic (exact) mass is 207 g/mol. The Bertz CT molecular complexity index is 292. The molecule has 0 aromatic carbocycles. The summed E-state index contributed by atoms with van der Waals surface area (Å²) in [5.41, 5.74) is 0. The van der Waals surface area contributed by atoms with E-state index in [2.05, 4.69) is 35.5 Å². The molecular formula is C12H21N3. The van der Waals surface area contributed by atoms with Gasteiger partial charge in [-0.05, 0) is 30.6 Å². The number of rotatable bonds is 2. The van der Waals surface area contributed by atoms with Crippen molar-refractivity contribution < 1.29 is 0 Å². The zero-order chi connectivity index (χ0) is 10.8. The Kier molecular flexibility index (Phi) is 3.08. The lowest BCUT2D eigenvalue weighted by Crippen LogP contribution is -2.30. The van der Waals surface area contributed by atoms with Crippen molar-refractivity contribution in [3.63, 3.8) is 0 Å². The fourth-order valence-electron chi connectivity index (χ4n) is 2.84. The Balaban J connectivity index is 2.17. The predicted molar refractivity (Wildman–Crippen MR) is 60.4 cm³/mol. The van der Waals surface area contributed by atoms with E-state index in [1.54, 1.807) is 6.33 Å². The molecule has 1 aliphatic carbocycles. The van der Waals surface area contributed by atoms with Crippen LogP contribution in [0.25, 0.3) is 0 Å². The van der Waals surface area contributed by atoms with E-state index in [-0.39, 0.29) is 0 Å². The third kappa shape index (κ3) is 2.21. The van der Waals surface area contributed by atoms with Crippen LogP contribution < -0.4 is 0 Å². The number of nitrogens with zero attached hydrogens (tertiary/aromatic N) is 3. The van der Waals surface area contributed by atoms with Gasteiger partial charge in [-0.2, -0.15) is 5.10 Å². The number of aromatic nitrogens is 3. The van der Waals surface area contributed by atoms with Crippen molar-refractivity contribution in [2.45, 2.75) is 46.1 Å². The molecule has 84 valence electrons. The minimum Gasteiger partial charge on any atom is -0.250 e. The molecule has 0 saturated heterocycles. The third-order valence-corrected chi connectivity index (χ3v) is 3.76. The maximum Gasteiger partial charge on any atom is 0.137 e. The molecule has 1 aromatic rings. The zero-order valence-electron chi connectivity index (χ0n) is 9.93. The maximum absolute atomic E-state index is 4.31. The van der Waals surface area contributed by atoms with Crippen molar-refractivity contribution in [3.8, 4) is 0 Å². The first-order valence-corrected chi connectivity index (χ1v) is 6.02. The Morgan fingerprint density at radius 1 is 1.33 bits per heavy atom. The Hall–Kier alpha value is -0.860. The summed E-state index contributed by atoms with van der Waals surface area (Å²) in [6.07, 6.45) is 7.48. The van der Waals surface area contributed by atoms with Crippen LogP contribution in [-0.4, -0.2) is 14.8 Å². The van der Waals surface area contributed by atoms with Crippen LogP contribution in [0.4, 0.5) is 0 Å². The molecule has 1 aliphatic rings. The van der Waals surface area contributed by atoms with Crippen molar-refractivity contribution in [1.29, 1.82) is 0 Å². The van der Waals surface area contributed by atoms with E-state index >= 15 is 0 Å². The summed E-state index contributed by atoms with van der Waals surface area (Å²) < 4.78 is 2.07. The molecule has 3 nitrogen and oxygen atoms in total. The Labute approximate surface area is 91.9 Å². The summed E-state index contributed by atoms with van der Waals surface area (Å²) in [5.74, 6) is 2.34. The van der Waals surface area contributed by atoms with Crippen LogP contribution in [0.15, 0.2) is 12.7 Å². The number of hydrogen-bond acceptors (Lipinski definition) is 2. The molecule has 15 heavy (non-hydrogen) atoms. The van der Waals surface area contributed by atoms with Crippen LogP contribution in [0.2, 0.25) is 0 Å². The number of hydrogen-bond donors (Lipinski definition) is 0. The van der Waals surface area contributed by atoms with Crippen LogP contribution >= 0.6 is 0 Å². The highest BCUT2D eigenvalue weighted by molar-refractivity contribution is 4.84. The van der Waals surface area contributed by atoms with Crippen molar-refractivity contribution in [1.82, 2.24) is 14.8 Å². The van der Waals surface area contributed by atoms with Gasteiger partial charge in [0.25, 0.3) is 0 Å². The van der Waals surface area contributed by atoms with Crippen molar-refractivity contribution in [3.05, 3.63) is 12.7 Å². The molecule has 0 N–H and O–H groups in total. The van der Waals surface area contributed by atoms with Gasteiger partial charge in [0, 0.05) is 0 Å². The van der Waals surface area contributed by atoms with Crippen LogP contribution in [0.3, 0.4) is 0 Å². The van der Waals surface area contributed by atoms with Gasteiger partial charge < -0.3 is 0 Å². The Morgan fingerprint density at radius 2 is 2.13 bits per heavy atom. The minimum absolute atomic E-state index is 0.566. The SMILES string of the molecule is CC(C)[C@@H]1CC[C@@H](C)C[C@@H]1n1cncn1. The molecule has 3 atom stereocenters. The maximum atomic E-state index is 4.31. The Morgan fingerprint density at radius 3 is 2.73 bits per heavy atom. The second kappa shape index (κ2) is 4.33. The highest BCUT2D eigenvalue weighted by Crippen LogP contribution is 2.40. The molecule has 0 spiro atoms. The molecule has 2 rings (SSSR count). The highest BCUT2D eigenvalue weighted by Gasteiger charge is 2.32. The van der Waals surface area contributed by atoms with Gasteiger partial charge in [0.1, 0.15) is 12.7 Å². The second-order valence-electron chi connectivity index (χ2n) is 5.27. The smallest absolute Gasteiger partial charge is 0.137 e. The largest absolute Gasteiger partial charge is 0.250 e. The van der Waals surface area contributed by atoms with E-state index in [1.165, 1.54) is 19.3 Å². The quantitative estimate of drug-likeness (QED) is 0.746. The lowest BCUT2D eigenvalue weighted by Gasteiger charge is -2.37. The molecule has 1 fully saturated rings. The molecular weight excluding hydrogens is 186 g/mol. The van der Waals surface area contributed by atoms with Crippen LogP contribution in [0, 0.1) is 17.8 Å². The van der Waals surface area contributed by atoms with E-state index in [4.69, 9.17) is 0 Å². The van der Waals surface area contributed by atoms with E-state index in [1.807, 2.05) is 6.33 Å². The molecule has 0 amide bonds. The normalized spacial score (nSPS) is 32.1. The summed E-state index contributed by atoms with van der Waals surface area (Å²) in [5, 5.41) is 4.31. The van der Waals surface area contributed by atoms with Crippen LogP contribution in [0.5, 0.6) is 0 Å². The molecule has 1 aromatic heterocycles. The van der Waals surface area contributed by atoms with Crippen molar-refractivity contribution in [2.75, 3.05) is 0 Å². The van der Waals surface area contributed by atoms with Gasteiger partial charge in [-0.15, -0.1) is 0 Å². The van der Waals surface area contributed by atoms with Gasteiger partial charge in [-0.1, -0.05) is 27.2 Å². The summed E-state index contributed by atoms with van der Waals surface area (Å²) in [6, 6.07) is 0.566. The average molecular weight is 207 g/mol. The van der Waals surface area contributed by atoms with Gasteiger partial charge in [0.2, 0.25) is 0 Å². The highest BCUT2D eigenvalue weighted by atomic mass is 15.3. The summed E-state index contributed by atoms with van der Waals surface area (Å²) in [6.45, 7) is 7.00. The van der Waals surface area contributed by atoms with E-state index in [9.17, 15) is 0 Å². The average Bonchev–Trinajstić information content (AvgIpc) is 2.69. The molecule has 0 aliphatic heterocycles. The fourth-order valence-corrected chi connectivity index (χ4v) is 2.84. The molecule has 1 heterocycles. The molecule has 0 bridgehead atoms. The van der Waals surface area contributed by atoms with Crippen LogP contribution in [-0.2, 0) is 0 Å². The van der Waals surface area contributed by atoms with E-state index in [0.717, 1.165) is 17.8 Å². The molecule has 0 radical (unpaired) electrons. The lowest BCUT2D eigenvalue weighted by atomic mass is 9.74. The molecule has 3 heteroatoms. The summed E-state index contributed by atoms with van der Waals surface area (Å²) in [7, 11) is 0. The second-order valence-corrected chi connectivity index (χ2v) is 5.27. The zero-order valence-corrected chi connectivity index (χ0v) is 9.93. The van der Waals surface area contributed by atoms with Crippen molar-refractivity contribution >= 4 is 0 Å². The predicted octanol–water partition coefficient (Wildman–Crippen LogP) is 2.91. The van der Waals surface area contributed by atoms with Crippen LogP contribution in [0.1, 0.15) is 46.1 Å². The summed E-state index contributed by atoms with van der Waals surface area (Å²) in [4.78, 5) is 4.07. The van der Waals surface area contributed by atoms with E-state index < -0.39 is 0 Å². The fraction of sp³-hybridized carbons (Fsp3) is 0.833. The first-order valence-electron chi connectivity index (χ1n) is 6.02. The lowest BCUT2D eigenvalue weighted by molar-refractivity contribution is 0.139. The third-order valence-electron chi connectivity index (χ3n) is 3.76. The topological polar surface area (TPSA) is 30.7 Å². The van der Waals surface area contributed by atoms with Gasteiger partial charge in [-0.25, -0.2) is 9.67 Å². The standard InChI is InChI=1S/C12H21N3/c1-9(2)11-5-4-10(3)6-12(11)15-8-13-7-14-15/h7-12H,4-6H2,1-3H3/t10-,11+,12+/m1/s1. The van der Waals surface area contributed by atoms with Gasteiger partial charge in [-0.3, -0.25) is 0 Å².